The van der Waals surface area contributed by atoms with Crippen LogP contribution in [0.15, 0.2) is 39.3 Å². The van der Waals surface area contributed by atoms with Gasteiger partial charge in [-0.3, -0.25) is 0 Å². The molecular weight excluding hydrogens is 391 g/mol. The first kappa shape index (κ1) is 14.8. The highest BCUT2D eigenvalue weighted by molar-refractivity contribution is 9.10. The minimum absolute atomic E-state index is 0.145. The largest absolute Gasteiger partial charge is 0.497 e. The molecule has 102 valence electrons. The van der Waals surface area contributed by atoms with Gasteiger partial charge in [0.25, 0.3) is 0 Å². The smallest absolute Gasteiger partial charge is 0.162 e. The van der Waals surface area contributed by atoms with Crippen LogP contribution in [-0.2, 0) is 0 Å². The Morgan fingerprint density at radius 3 is 2.65 bits per heavy atom. The molecule has 1 N–H and O–H groups in total. The van der Waals surface area contributed by atoms with E-state index in [-0.39, 0.29) is 15.7 Å². The monoisotopic (exact) mass is 398 g/mol. The molecule has 0 saturated heterocycles. The van der Waals surface area contributed by atoms with Crippen LogP contribution in [0.1, 0.15) is 5.56 Å². The number of nitrogens with one attached hydrogen (secondary N) is 1. The maximum Gasteiger partial charge on any atom is 0.162 e. The Kier molecular flexibility index (Phi) is 4.63. The second-order valence-corrected chi connectivity index (χ2v) is 5.61. The molecule has 0 aliphatic heterocycles. The number of benzene rings is 2. The second kappa shape index (κ2) is 6.25. The molecule has 0 fully saturated rings. The number of ether oxygens (including phenoxy) is 1. The van der Waals surface area contributed by atoms with Gasteiger partial charge in [0.15, 0.2) is 5.82 Å². The summed E-state index contributed by atoms with van der Waals surface area (Å²) in [5, 5.41) is 11.8. The third-order valence-electron chi connectivity index (χ3n) is 2.59. The Balaban J connectivity index is 2.38. The summed E-state index contributed by atoms with van der Waals surface area (Å²) in [5.41, 5.74) is 1.20. The lowest BCUT2D eigenvalue weighted by atomic mass is 10.2. The zero-order valence-corrected chi connectivity index (χ0v) is 13.5. The first-order chi connectivity index (χ1) is 9.55. The molecule has 0 saturated carbocycles. The molecule has 0 aliphatic rings. The second-order valence-electron chi connectivity index (χ2n) is 3.91. The van der Waals surface area contributed by atoms with E-state index in [1.54, 1.807) is 31.4 Å². The average molecular weight is 400 g/mol. The van der Waals surface area contributed by atoms with E-state index in [9.17, 15) is 4.39 Å². The van der Waals surface area contributed by atoms with Crippen LogP contribution in [-0.4, -0.2) is 7.11 Å². The average Bonchev–Trinajstić information content (AvgIpc) is 2.43. The van der Waals surface area contributed by atoms with E-state index in [0.717, 1.165) is 4.47 Å². The summed E-state index contributed by atoms with van der Waals surface area (Å²) in [7, 11) is 1.56. The molecule has 0 atom stereocenters. The molecule has 2 aromatic carbocycles. The van der Waals surface area contributed by atoms with Crippen LogP contribution in [0.3, 0.4) is 0 Å². The molecule has 2 rings (SSSR count). The van der Waals surface area contributed by atoms with Gasteiger partial charge < -0.3 is 10.1 Å². The lowest BCUT2D eigenvalue weighted by molar-refractivity contribution is 0.415. The maximum atomic E-state index is 14.1. The van der Waals surface area contributed by atoms with E-state index in [2.05, 4.69) is 37.2 Å². The summed E-state index contributed by atoms with van der Waals surface area (Å²) in [6.45, 7) is 0. The van der Waals surface area contributed by atoms with E-state index in [1.165, 1.54) is 6.07 Å². The molecular formula is C14H9Br2FN2O. The van der Waals surface area contributed by atoms with Crippen molar-refractivity contribution in [3.8, 4) is 11.8 Å². The van der Waals surface area contributed by atoms with Gasteiger partial charge in [-0.05, 0) is 40.2 Å². The molecule has 0 heterocycles. The molecule has 2 aromatic rings. The first-order valence-corrected chi connectivity index (χ1v) is 7.13. The standard InChI is InChI=1S/C14H9Br2FN2O/c1-20-11-5-9(15)4-10(6-11)19-12-3-2-8(7-18)13(16)14(12)17/h2-6,19H,1H3. The van der Waals surface area contributed by atoms with E-state index in [0.29, 0.717) is 11.4 Å². The molecule has 0 spiro atoms. The minimum Gasteiger partial charge on any atom is -0.497 e. The molecule has 0 aromatic heterocycles. The van der Waals surface area contributed by atoms with Crippen molar-refractivity contribution in [3.63, 3.8) is 0 Å². The van der Waals surface area contributed by atoms with Crippen molar-refractivity contribution in [2.24, 2.45) is 0 Å². The number of hydrogen-bond donors (Lipinski definition) is 1. The SMILES string of the molecule is COc1cc(Br)cc(Nc2ccc(C#N)c(Br)c2F)c1. The predicted octanol–water partition coefficient (Wildman–Crippen LogP) is 4.97. The van der Waals surface area contributed by atoms with Crippen LogP contribution in [0.25, 0.3) is 0 Å². The van der Waals surface area contributed by atoms with Gasteiger partial charge in [-0.15, -0.1) is 0 Å². The van der Waals surface area contributed by atoms with Crippen LogP contribution in [0.5, 0.6) is 5.75 Å². The molecule has 20 heavy (non-hydrogen) atoms. The number of methoxy groups -OCH3 is 1. The number of halogens is 3. The normalized spacial score (nSPS) is 9.95. The van der Waals surface area contributed by atoms with Gasteiger partial charge in [0.05, 0.1) is 22.8 Å². The lowest BCUT2D eigenvalue weighted by Gasteiger charge is -2.11. The Morgan fingerprint density at radius 2 is 2.00 bits per heavy atom. The van der Waals surface area contributed by atoms with Crippen molar-refractivity contribution in [1.82, 2.24) is 0 Å². The van der Waals surface area contributed by atoms with E-state index in [4.69, 9.17) is 10.00 Å². The Hall–Kier alpha value is -1.58. The van der Waals surface area contributed by atoms with Gasteiger partial charge in [-0.25, -0.2) is 4.39 Å². The molecule has 6 heteroatoms. The molecule has 0 aliphatic carbocycles. The Labute approximate surface area is 132 Å². The summed E-state index contributed by atoms with van der Waals surface area (Å²) in [6, 6.07) is 10.3. The van der Waals surface area contributed by atoms with Gasteiger partial charge in [-0.1, -0.05) is 15.9 Å². The highest BCUT2D eigenvalue weighted by Crippen LogP contribution is 2.31. The third kappa shape index (κ3) is 3.11. The number of hydrogen-bond acceptors (Lipinski definition) is 3. The lowest BCUT2D eigenvalue weighted by Crippen LogP contribution is -1.97. The molecule has 0 bridgehead atoms. The summed E-state index contributed by atoms with van der Waals surface area (Å²) < 4.78 is 20.2. The topological polar surface area (TPSA) is 45.0 Å². The van der Waals surface area contributed by atoms with Crippen LogP contribution in [0.2, 0.25) is 0 Å². The maximum absolute atomic E-state index is 14.1. The van der Waals surface area contributed by atoms with Crippen LogP contribution < -0.4 is 10.1 Å². The molecule has 0 amide bonds. The summed E-state index contributed by atoms with van der Waals surface area (Å²) in [4.78, 5) is 0. The Bertz CT molecular complexity index is 698. The fraction of sp³-hybridized carbons (Fsp3) is 0.0714. The molecule has 0 unspecified atom stereocenters. The van der Waals surface area contributed by atoms with E-state index in [1.807, 2.05) is 6.07 Å². The third-order valence-corrected chi connectivity index (χ3v) is 3.82. The van der Waals surface area contributed by atoms with Crippen LogP contribution >= 0.6 is 31.9 Å². The van der Waals surface area contributed by atoms with Crippen molar-refractivity contribution in [2.75, 3.05) is 12.4 Å². The number of nitriles is 1. The summed E-state index contributed by atoms with van der Waals surface area (Å²) >= 11 is 6.43. The highest BCUT2D eigenvalue weighted by Gasteiger charge is 2.11. The van der Waals surface area contributed by atoms with Gasteiger partial charge in [0.2, 0.25) is 0 Å². The number of nitrogens with zero attached hydrogens (tertiary/aromatic N) is 1. The van der Waals surface area contributed by atoms with Gasteiger partial charge in [0.1, 0.15) is 11.8 Å². The fourth-order valence-electron chi connectivity index (χ4n) is 1.64. The van der Waals surface area contributed by atoms with Crippen molar-refractivity contribution < 1.29 is 9.13 Å². The molecule has 3 nitrogen and oxygen atoms in total. The van der Waals surface area contributed by atoms with E-state index < -0.39 is 5.82 Å². The predicted molar refractivity (Wildman–Crippen MR) is 82.8 cm³/mol. The molecule has 0 radical (unpaired) electrons. The first-order valence-electron chi connectivity index (χ1n) is 5.55. The van der Waals surface area contributed by atoms with Crippen LogP contribution in [0.4, 0.5) is 15.8 Å². The number of rotatable bonds is 3. The van der Waals surface area contributed by atoms with Crippen molar-refractivity contribution >= 4 is 43.2 Å². The fourth-order valence-corrected chi connectivity index (χ4v) is 2.55. The Morgan fingerprint density at radius 1 is 1.25 bits per heavy atom. The van der Waals surface area contributed by atoms with Crippen LogP contribution in [0, 0.1) is 17.1 Å². The van der Waals surface area contributed by atoms with E-state index >= 15 is 0 Å². The zero-order valence-electron chi connectivity index (χ0n) is 10.4. The van der Waals surface area contributed by atoms with Crippen molar-refractivity contribution in [1.29, 1.82) is 5.26 Å². The minimum atomic E-state index is -0.511. The summed E-state index contributed by atoms with van der Waals surface area (Å²) in [5.74, 6) is 0.137. The highest BCUT2D eigenvalue weighted by atomic mass is 79.9. The van der Waals surface area contributed by atoms with Crippen molar-refractivity contribution in [2.45, 2.75) is 0 Å². The zero-order chi connectivity index (χ0) is 14.7. The summed E-state index contributed by atoms with van der Waals surface area (Å²) in [6.07, 6.45) is 0. The number of anilines is 2. The van der Waals surface area contributed by atoms with Gasteiger partial charge >= 0.3 is 0 Å². The van der Waals surface area contributed by atoms with Crippen molar-refractivity contribution in [3.05, 3.63) is 50.7 Å². The van der Waals surface area contributed by atoms with Gasteiger partial charge in [0, 0.05) is 16.2 Å². The quantitative estimate of drug-likeness (QED) is 0.791. The van der Waals surface area contributed by atoms with Gasteiger partial charge in [-0.2, -0.15) is 5.26 Å².